The SMILES string of the molecule is Fc1ccccc1[C@@H]1C[C@H](c2ccc(Br)cc2)Nc2nc(-c3ccccc3)nn21. The van der Waals surface area contributed by atoms with Crippen molar-refractivity contribution in [3.63, 3.8) is 0 Å². The van der Waals surface area contributed by atoms with E-state index < -0.39 is 0 Å². The second kappa shape index (κ2) is 7.44. The van der Waals surface area contributed by atoms with E-state index in [1.165, 1.54) is 6.07 Å². The Morgan fingerprint density at radius 1 is 0.931 bits per heavy atom. The van der Waals surface area contributed by atoms with Gasteiger partial charge in [-0.05, 0) is 30.2 Å². The number of rotatable bonds is 3. The molecule has 29 heavy (non-hydrogen) atoms. The second-order valence-electron chi connectivity index (χ2n) is 7.09. The Labute approximate surface area is 176 Å². The van der Waals surface area contributed by atoms with E-state index in [1.54, 1.807) is 6.07 Å². The molecule has 0 saturated heterocycles. The van der Waals surface area contributed by atoms with Crippen LogP contribution in [0.2, 0.25) is 0 Å². The Bertz CT molecular complexity index is 1140. The highest BCUT2D eigenvalue weighted by atomic mass is 79.9. The molecule has 0 aliphatic carbocycles. The summed E-state index contributed by atoms with van der Waals surface area (Å²) in [6.07, 6.45) is 0.674. The predicted molar refractivity (Wildman–Crippen MR) is 115 cm³/mol. The largest absolute Gasteiger partial charge is 0.347 e. The van der Waals surface area contributed by atoms with E-state index in [0.29, 0.717) is 23.8 Å². The minimum absolute atomic E-state index is 0.00743. The van der Waals surface area contributed by atoms with Gasteiger partial charge in [-0.1, -0.05) is 76.6 Å². The number of benzene rings is 3. The molecule has 0 bridgehead atoms. The van der Waals surface area contributed by atoms with Gasteiger partial charge in [-0.3, -0.25) is 0 Å². The Kier molecular flexibility index (Phi) is 4.64. The molecule has 2 heterocycles. The lowest BCUT2D eigenvalue weighted by molar-refractivity contribution is 0.416. The molecule has 2 atom stereocenters. The summed E-state index contributed by atoms with van der Waals surface area (Å²) in [6, 6.07) is 24.7. The molecule has 6 heteroatoms. The van der Waals surface area contributed by atoms with Crippen molar-refractivity contribution in [1.82, 2.24) is 14.8 Å². The summed E-state index contributed by atoms with van der Waals surface area (Å²) in [7, 11) is 0. The smallest absolute Gasteiger partial charge is 0.222 e. The van der Waals surface area contributed by atoms with Crippen molar-refractivity contribution in [2.24, 2.45) is 0 Å². The molecule has 1 aliphatic rings. The van der Waals surface area contributed by atoms with Crippen molar-refractivity contribution >= 4 is 21.9 Å². The quantitative estimate of drug-likeness (QED) is 0.418. The molecule has 0 fully saturated rings. The summed E-state index contributed by atoms with van der Waals surface area (Å²) >= 11 is 3.49. The summed E-state index contributed by atoms with van der Waals surface area (Å²) in [5, 5.41) is 8.22. The minimum Gasteiger partial charge on any atom is -0.347 e. The fraction of sp³-hybridized carbons (Fsp3) is 0.130. The highest BCUT2D eigenvalue weighted by Crippen LogP contribution is 2.39. The zero-order chi connectivity index (χ0) is 19.8. The monoisotopic (exact) mass is 448 g/mol. The van der Waals surface area contributed by atoms with Crippen LogP contribution < -0.4 is 5.32 Å². The lowest BCUT2D eigenvalue weighted by atomic mass is 9.93. The fourth-order valence-electron chi connectivity index (χ4n) is 3.80. The molecule has 5 rings (SSSR count). The molecule has 1 aliphatic heterocycles. The molecular weight excluding hydrogens is 431 g/mol. The van der Waals surface area contributed by atoms with Crippen molar-refractivity contribution in [2.75, 3.05) is 5.32 Å². The maximum atomic E-state index is 14.7. The van der Waals surface area contributed by atoms with Gasteiger partial charge in [-0.15, -0.1) is 5.10 Å². The average Bonchev–Trinajstić information content (AvgIpc) is 3.19. The van der Waals surface area contributed by atoms with Gasteiger partial charge in [-0.25, -0.2) is 9.07 Å². The molecule has 3 aromatic carbocycles. The number of anilines is 1. The topological polar surface area (TPSA) is 42.7 Å². The minimum atomic E-state index is -0.244. The number of hydrogen-bond acceptors (Lipinski definition) is 3. The van der Waals surface area contributed by atoms with E-state index >= 15 is 0 Å². The number of nitrogens with zero attached hydrogens (tertiary/aromatic N) is 3. The van der Waals surface area contributed by atoms with E-state index in [2.05, 4.69) is 33.4 Å². The highest BCUT2D eigenvalue weighted by Gasteiger charge is 2.32. The summed E-state index contributed by atoms with van der Waals surface area (Å²) in [6.45, 7) is 0. The van der Waals surface area contributed by atoms with Crippen molar-refractivity contribution < 1.29 is 4.39 Å². The Morgan fingerprint density at radius 3 is 2.41 bits per heavy atom. The highest BCUT2D eigenvalue weighted by molar-refractivity contribution is 9.10. The van der Waals surface area contributed by atoms with Crippen LogP contribution in [0.3, 0.4) is 0 Å². The van der Waals surface area contributed by atoms with Crippen molar-refractivity contribution in [1.29, 1.82) is 0 Å². The van der Waals surface area contributed by atoms with E-state index in [1.807, 2.05) is 59.3 Å². The van der Waals surface area contributed by atoms with Crippen molar-refractivity contribution in [2.45, 2.75) is 18.5 Å². The van der Waals surface area contributed by atoms with Gasteiger partial charge in [0.1, 0.15) is 5.82 Å². The van der Waals surface area contributed by atoms with Crippen LogP contribution >= 0.6 is 15.9 Å². The van der Waals surface area contributed by atoms with E-state index in [4.69, 9.17) is 10.1 Å². The molecule has 4 nitrogen and oxygen atoms in total. The second-order valence-corrected chi connectivity index (χ2v) is 8.01. The van der Waals surface area contributed by atoms with Crippen molar-refractivity contribution in [3.8, 4) is 11.4 Å². The number of fused-ring (bicyclic) bond motifs is 1. The van der Waals surface area contributed by atoms with Crippen LogP contribution in [-0.2, 0) is 0 Å². The summed E-state index contributed by atoms with van der Waals surface area (Å²) < 4.78 is 17.5. The first-order valence-electron chi connectivity index (χ1n) is 9.47. The third-order valence-corrected chi connectivity index (χ3v) is 5.79. The van der Waals surface area contributed by atoms with Gasteiger partial charge in [0.25, 0.3) is 0 Å². The number of hydrogen-bond donors (Lipinski definition) is 1. The lowest BCUT2D eigenvalue weighted by Crippen LogP contribution is -2.28. The van der Waals surface area contributed by atoms with Gasteiger partial charge >= 0.3 is 0 Å². The number of nitrogens with one attached hydrogen (secondary N) is 1. The zero-order valence-corrected chi connectivity index (χ0v) is 17.1. The molecule has 1 N–H and O–H groups in total. The molecule has 0 radical (unpaired) electrons. The normalized spacial score (nSPS) is 18.1. The molecule has 0 amide bonds. The Balaban J connectivity index is 1.61. The Morgan fingerprint density at radius 2 is 1.66 bits per heavy atom. The van der Waals surface area contributed by atoms with Gasteiger partial charge < -0.3 is 5.32 Å². The number of aromatic nitrogens is 3. The first-order valence-corrected chi connectivity index (χ1v) is 10.3. The fourth-order valence-corrected chi connectivity index (χ4v) is 4.07. The Hall–Kier alpha value is -2.99. The molecule has 4 aromatic rings. The maximum Gasteiger partial charge on any atom is 0.222 e. The summed E-state index contributed by atoms with van der Waals surface area (Å²) in [5.41, 5.74) is 2.69. The summed E-state index contributed by atoms with van der Waals surface area (Å²) in [5.74, 6) is 1.05. The molecule has 1 aromatic heterocycles. The molecule has 0 unspecified atom stereocenters. The van der Waals surface area contributed by atoms with Gasteiger partial charge in [-0.2, -0.15) is 4.98 Å². The van der Waals surface area contributed by atoms with Crippen LogP contribution in [0.25, 0.3) is 11.4 Å². The van der Waals surface area contributed by atoms with Crippen LogP contribution in [0.1, 0.15) is 29.6 Å². The van der Waals surface area contributed by atoms with E-state index in [-0.39, 0.29) is 17.9 Å². The molecule has 144 valence electrons. The molecule has 0 spiro atoms. The van der Waals surface area contributed by atoms with Gasteiger partial charge in [0.05, 0.1) is 12.1 Å². The van der Waals surface area contributed by atoms with Gasteiger partial charge in [0.15, 0.2) is 5.82 Å². The van der Waals surface area contributed by atoms with Crippen LogP contribution in [0.15, 0.2) is 83.3 Å². The van der Waals surface area contributed by atoms with Crippen LogP contribution in [0.4, 0.5) is 10.3 Å². The first kappa shape index (κ1) is 18.1. The predicted octanol–water partition coefficient (Wildman–Crippen LogP) is 5.99. The lowest BCUT2D eigenvalue weighted by Gasteiger charge is -2.32. The van der Waals surface area contributed by atoms with E-state index in [0.717, 1.165) is 15.6 Å². The van der Waals surface area contributed by atoms with E-state index in [9.17, 15) is 4.39 Å². The molecule has 0 saturated carbocycles. The van der Waals surface area contributed by atoms with Gasteiger partial charge in [0.2, 0.25) is 5.95 Å². The van der Waals surface area contributed by atoms with Crippen LogP contribution in [0, 0.1) is 5.82 Å². The molecular formula is C23H18BrFN4. The van der Waals surface area contributed by atoms with Crippen molar-refractivity contribution in [3.05, 3.63) is 100 Å². The van der Waals surface area contributed by atoms with Gasteiger partial charge in [0, 0.05) is 15.6 Å². The first-order chi connectivity index (χ1) is 14.2. The third-order valence-electron chi connectivity index (χ3n) is 5.26. The average molecular weight is 449 g/mol. The third kappa shape index (κ3) is 3.44. The zero-order valence-electron chi connectivity index (χ0n) is 15.5. The standard InChI is InChI=1S/C23H18BrFN4/c24-17-12-10-15(11-13-17)20-14-21(18-8-4-5-9-19(18)25)29-23(26-20)27-22(28-29)16-6-2-1-3-7-16/h1-13,20-21H,14H2,(H,26,27,28)/t20-,21+/m1/s1. The maximum absolute atomic E-state index is 14.7. The van der Waals surface area contributed by atoms with Crippen LogP contribution in [0.5, 0.6) is 0 Å². The number of halogens is 2. The van der Waals surface area contributed by atoms with Crippen LogP contribution in [-0.4, -0.2) is 14.8 Å². The summed E-state index contributed by atoms with van der Waals surface area (Å²) in [4.78, 5) is 4.73.